The molecule has 4 nitrogen and oxygen atoms in total. The molecule has 0 fully saturated rings. The quantitative estimate of drug-likeness (QED) is 0.725. The molecule has 0 atom stereocenters. The highest BCUT2D eigenvalue weighted by Gasteiger charge is 2.33. The van der Waals surface area contributed by atoms with E-state index < -0.39 is 11.7 Å². The van der Waals surface area contributed by atoms with Crippen LogP contribution in [0.4, 0.5) is 18.9 Å². The molecular formula is C12H17F3N2O2. The van der Waals surface area contributed by atoms with E-state index in [0.717, 1.165) is 6.07 Å². The van der Waals surface area contributed by atoms with Crippen molar-refractivity contribution in [3.05, 3.63) is 29.3 Å². The number of hydrogen-bond acceptors (Lipinski definition) is 4. The van der Waals surface area contributed by atoms with Gasteiger partial charge in [0.1, 0.15) is 0 Å². The lowest BCUT2D eigenvalue weighted by molar-refractivity contribution is -0.138. The highest BCUT2D eigenvalue weighted by molar-refractivity contribution is 5.51. The van der Waals surface area contributed by atoms with Crippen LogP contribution in [0.25, 0.3) is 0 Å². The number of rotatable bonds is 6. The Hall–Kier alpha value is -1.31. The van der Waals surface area contributed by atoms with Gasteiger partial charge in [-0.05, 0) is 23.8 Å². The number of halogens is 3. The molecule has 0 aromatic heterocycles. The van der Waals surface area contributed by atoms with E-state index in [9.17, 15) is 13.2 Å². The third-order valence-corrected chi connectivity index (χ3v) is 2.72. The van der Waals surface area contributed by atoms with E-state index in [1.165, 1.54) is 12.1 Å². The summed E-state index contributed by atoms with van der Waals surface area (Å²) in [4.78, 5) is 1.60. The molecule has 0 unspecified atom stereocenters. The SMILES string of the molecule is NCc1cc(N(CCO)CCO)ccc1C(F)(F)F. The van der Waals surface area contributed by atoms with Crippen LogP contribution in [0.1, 0.15) is 11.1 Å². The molecule has 0 spiro atoms. The fourth-order valence-electron chi connectivity index (χ4n) is 1.83. The van der Waals surface area contributed by atoms with E-state index in [1.807, 2.05) is 0 Å². The zero-order chi connectivity index (χ0) is 14.5. The predicted molar refractivity (Wildman–Crippen MR) is 65.7 cm³/mol. The van der Waals surface area contributed by atoms with Crippen LogP contribution in [0.2, 0.25) is 0 Å². The molecule has 0 amide bonds. The van der Waals surface area contributed by atoms with Crippen molar-refractivity contribution in [1.82, 2.24) is 0 Å². The molecule has 0 aliphatic heterocycles. The fourth-order valence-corrected chi connectivity index (χ4v) is 1.83. The molecule has 1 aromatic carbocycles. The van der Waals surface area contributed by atoms with E-state index in [-0.39, 0.29) is 38.4 Å². The van der Waals surface area contributed by atoms with Crippen molar-refractivity contribution in [2.75, 3.05) is 31.2 Å². The van der Waals surface area contributed by atoms with E-state index in [0.29, 0.717) is 5.69 Å². The maximum atomic E-state index is 12.7. The molecular weight excluding hydrogens is 261 g/mol. The predicted octanol–water partition coefficient (Wildman–Crippen LogP) is 0.955. The third-order valence-electron chi connectivity index (χ3n) is 2.72. The highest BCUT2D eigenvalue weighted by atomic mass is 19.4. The molecule has 0 bridgehead atoms. The maximum absolute atomic E-state index is 12.7. The van der Waals surface area contributed by atoms with E-state index in [2.05, 4.69) is 0 Å². The lowest BCUT2D eigenvalue weighted by Gasteiger charge is -2.24. The second kappa shape index (κ2) is 6.74. The van der Waals surface area contributed by atoms with Crippen LogP contribution in [0, 0.1) is 0 Å². The van der Waals surface area contributed by atoms with Crippen molar-refractivity contribution in [3.63, 3.8) is 0 Å². The molecule has 0 aliphatic rings. The normalized spacial score (nSPS) is 11.7. The minimum atomic E-state index is -4.44. The van der Waals surface area contributed by atoms with Crippen molar-refractivity contribution in [2.45, 2.75) is 12.7 Å². The summed E-state index contributed by atoms with van der Waals surface area (Å²) in [6.07, 6.45) is -4.44. The third kappa shape index (κ3) is 4.09. The van der Waals surface area contributed by atoms with Crippen LogP contribution >= 0.6 is 0 Å². The highest BCUT2D eigenvalue weighted by Crippen LogP contribution is 2.33. The van der Waals surface area contributed by atoms with Crippen molar-refractivity contribution in [1.29, 1.82) is 0 Å². The van der Waals surface area contributed by atoms with E-state index >= 15 is 0 Å². The summed E-state index contributed by atoms with van der Waals surface area (Å²) in [6.45, 7) is -0.0708. The first-order chi connectivity index (χ1) is 8.93. The smallest absolute Gasteiger partial charge is 0.395 e. The van der Waals surface area contributed by atoms with E-state index in [4.69, 9.17) is 15.9 Å². The van der Waals surface area contributed by atoms with Crippen LogP contribution < -0.4 is 10.6 Å². The first kappa shape index (κ1) is 15.7. The minimum absolute atomic E-state index is 0.00844. The van der Waals surface area contributed by atoms with Gasteiger partial charge in [0.15, 0.2) is 0 Å². The van der Waals surface area contributed by atoms with Gasteiger partial charge < -0.3 is 20.8 Å². The summed E-state index contributed by atoms with van der Waals surface area (Å²) in [6, 6.07) is 3.63. The molecule has 0 heterocycles. The molecule has 0 saturated carbocycles. The maximum Gasteiger partial charge on any atom is 0.416 e. The Bertz CT molecular complexity index is 404. The number of anilines is 1. The zero-order valence-electron chi connectivity index (χ0n) is 10.3. The monoisotopic (exact) mass is 278 g/mol. The number of alkyl halides is 3. The Morgan fingerprint density at radius 3 is 2.11 bits per heavy atom. The Morgan fingerprint density at radius 1 is 1.11 bits per heavy atom. The van der Waals surface area contributed by atoms with Gasteiger partial charge in [0.05, 0.1) is 18.8 Å². The molecule has 7 heteroatoms. The van der Waals surface area contributed by atoms with Gasteiger partial charge in [-0.2, -0.15) is 13.2 Å². The van der Waals surface area contributed by atoms with Gasteiger partial charge >= 0.3 is 6.18 Å². The second-order valence-electron chi connectivity index (χ2n) is 3.98. The summed E-state index contributed by atoms with van der Waals surface area (Å²) in [5.74, 6) is 0. The first-order valence-electron chi connectivity index (χ1n) is 5.81. The molecule has 19 heavy (non-hydrogen) atoms. The molecule has 1 aromatic rings. The number of aliphatic hydroxyl groups is 2. The van der Waals surface area contributed by atoms with Gasteiger partial charge in [-0.15, -0.1) is 0 Å². The first-order valence-corrected chi connectivity index (χ1v) is 5.81. The standard InChI is InChI=1S/C12H17F3N2O2/c13-12(14,15)11-2-1-10(7-9(11)8-16)17(3-5-18)4-6-19/h1-2,7,18-19H,3-6,8,16H2. The van der Waals surface area contributed by atoms with Gasteiger partial charge in [-0.25, -0.2) is 0 Å². The number of nitrogens with two attached hydrogens (primary N) is 1. The topological polar surface area (TPSA) is 69.7 Å². The lowest BCUT2D eigenvalue weighted by atomic mass is 10.1. The number of aliphatic hydroxyl groups excluding tert-OH is 2. The summed E-state index contributed by atoms with van der Waals surface area (Å²) >= 11 is 0. The van der Waals surface area contributed by atoms with Crippen molar-refractivity contribution < 1.29 is 23.4 Å². The largest absolute Gasteiger partial charge is 0.416 e. The van der Waals surface area contributed by atoms with Crippen molar-refractivity contribution in [2.24, 2.45) is 5.73 Å². The number of nitrogens with zero attached hydrogens (tertiary/aromatic N) is 1. The molecule has 0 aliphatic carbocycles. The van der Waals surface area contributed by atoms with Crippen LogP contribution in [-0.2, 0) is 12.7 Å². The van der Waals surface area contributed by atoms with Gasteiger partial charge in [0.2, 0.25) is 0 Å². The molecule has 0 radical (unpaired) electrons. The Balaban J connectivity index is 3.10. The van der Waals surface area contributed by atoms with Crippen molar-refractivity contribution in [3.8, 4) is 0 Å². The van der Waals surface area contributed by atoms with Crippen LogP contribution in [-0.4, -0.2) is 36.5 Å². The van der Waals surface area contributed by atoms with Gasteiger partial charge in [-0.1, -0.05) is 0 Å². The number of hydrogen-bond donors (Lipinski definition) is 3. The van der Waals surface area contributed by atoms with Crippen LogP contribution in [0.5, 0.6) is 0 Å². The average molecular weight is 278 g/mol. The Labute approximate surface area is 109 Å². The molecule has 108 valence electrons. The Kier molecular flexibility index (Phi) is 5.59. The average Bonchev–Trinajstić information content (AvgIpc) is 2.36. The van der Waals surface area contributed by atoms with Gasteiger partial charge in [0.25, 0.3) is 0 Å². The molecule has 0 saturated heterocycles. The second-order valence-corrected chi connectivity index (χ2v) is 3.98. The van der Waals surface area contributed by atoms with Crippen LogP contribution in [0.15, 0.2) is 18.2 Å². The van der Waals surface area contributed by atoms with Gasteiger partial charge in [0, 0.05) is 25.3 Å². The summed E-state index contributed by atoms with van der Waals surface area (Å²) in [7, 11) is 0. The molecule has 4 N–H and O–H groups in total. The zero-order valence-corrected chi connectivity index (χ0v) is 10.3. The summed E-state index contributed by atoms with van der Waals surface area (Å²) in [5, 5.41) is 17.8. The fraction of sp³-hybridized carbons (Fsp3) is 0.500. The Morgan fingerprint density at radius 2 is 1.68 bits per heavy atom. The summed E-state index contributed by atoms with van der Waals surface area (Å²) in [5.41, 5.74) is 5.08. The minimum Gasteiger partial charge on any atom is -0.395 e. The van der Waals surface area contributed by atoms with Crippen molar-refractivity contribution >= 4 is 5.69 Å². The van der Waals surface area contributed by atoms with Crippen LogP contribution in [0.3, 0.4) is 0 Å². The van der Waals surface area contributed by atoms with Gasteiger partial charge in [-0.3, -0.25) is 0 Å². The number of benzene rings is 1. The summed E-state index contributed by atoms with van der Waals surface area (Å²) < 4.78 is 38.1. The lowest BCUT2D eigenvalue weighted by Crippen LogP contribution is -2.30. The van der Waals surface area contributed by atoms with E-state index in [1.54, 1.807) is 4.90 Å². The molecule has 1 rings (SSSR count).